The Bertz CT molecular complexity index is 803. The van der Waals surface area contributed by atoms with Gasteiger partial charge in [-0.05, 0) is 48.1 Å². The van der Waals surface area contributed by atoms with Crippen LogP contribution in [0.2, 0.25) is 0 Å². The Balaban J connectivity index is 1.83. The lowest BCUT2D eigenvalue weighted by atomic mass is 9.98. The molecule has 2 N–H and O–H groups in total. The number of carbonyl (C=O) groups is 2. The lowest BCUT2D eigenvalue weighted by Gasteiger charge is -2.19. The van der Waals surface area contributed by atoms with Gasteiger partial charge in [-0.25, -0.2) is 9.18 Å². The topological polar surface area (TPSA) is 66.4 Å². The molecule has 0 bridgehead atoms. The van der Waals surface area contributed by atoms with Gasteiger partial charge < -0.3 is 10.4 Å². The fourth-order valence-electron chi connectivity index (χ4n) is 3.21. The zero-order valence-electron chi connectivity index (χ0n) is 13.3. The van der Waals surface area contributed by atoms with Crippen molar-refractivity contribution in [3.05, 3.63) is 70.5 Å². The lowest BCUT2D eigenvalue weighted by molar-refractivity contribution is -0.142. The van der Waals surface area contributed by atoms with E-state index >= 15 is 0 Å². The highest BCUT2D eigenvalue weighted by molar-refractivity contribution is 5.89. The molecular formula is C19H18FNO3. The predicted octanol–water partition coefficient (Wildman–Crippen LogP) is 3.11. The molecule has 5 heteroatoms. The molecule has 0 spiro atoms. The van der Waals surface area contributed by atoms with Crippen LogP contribution in [0.3, 0.4) is 0 Å². The Morgan fingerprint density at radius 2 is 2.00 bits per heavy atom. The molecule has 1 aliphatic rings. The fraction of sp³-hybridized carbons (Fsp3) is 0.263. The summed E-state index contributed by atoms with van der Waals surface area (Å²) in [6.45, 7) is 1.56. The van der Waals surface area contributed by atoms with Gasteiger partial charge in [0.15, 0.2) is 6.04 Å². The maximum atomic E-state index is 13.4. The summed E-state index contributed by atoms with van der Waals surface area (Å²) >= 11 is 0. The molecule has 2 aromatic carbocycles. The minimum Gasteiger partial charge on any atom is -0.479 e. The van der Waals surface area contributed by atoms with Crippen molar-refractivity contribution in [1.29, 1.82) is 0 Å². The van der Waals surface area contributed by atoms with Crippen LogP contribution in [0.25, 0.3) is 0 Å². The number of carbonyl (C=O) groups excluding carboxylic acids is 1. The second-order valence-electron chi connectivity index (χ2n) is 6.08. The number of nitrogens with one attached hydrogen (secondary N) is 1. The van der Waals surface area contributed by atoms with E-state index in [0.717, 1.165) is 17.5 Å². The molecule has 1 amide bonds. The van der Waals surface area contributed by atoms with E-state index in [9.17, 15) is 19.1 Å². The first-order chi connectivity index (χ1) is 11.5. The van der Waals surface area contributed by atoms with Crippen molar-refractivity contribution >= 4 is 11.9 Å². The molecule has 1 aliphatic carbocycles. The summed E-state index contributed by atoms with van der Waals surface area (Å²) in [5, 5.41) is 12.1. The zero-order chi connectivity index (χ0) is 17.3. The molecule has 0 aromatic heterocycles. The fourth-order valence-corrected chi connectivity index (χ4v) is 3.21. The summed E-state index contributed by atoms with van der Waals surface area (Å²) in [6, 6.07) is 10.6. The number of carboxylic acid groups (broad SMARTS) is 1. The molecule has 0 saturated carbocycles. The number of halogens is 1. The summed E-state index contributed by atoms with van der Waals surface area (Å²) in [6.07, 6.45) is 1.47. The molecule has 0 saturated heterocycles. The van der Waals surface area contributed by atoms with Gasteiger partial charge in [-0.3, -0.25) is 4.79 Å². The van der Waals surface area contributed by atoms with Gasteiger partial charge in [0.05, 0.1) is 5.92 Å². The highest BCUT2D eigenvalue weighted by atomic mass is 19.1. The summed E-state index contributed by atoms with van der Waals surface area (Å²) in [5.41, 5.74) is 2.79. The molecule has 0 heterocycles. The Labute approximate surface area is 139 Å². The smallest absolute Gasteiger partial charge is 0.330 e. The molecule has 2 unspecified atom stereocenters. The Morgan fingerprint density at radius 1 is 1.25 bits per heavy atom. The Hall–Kier alpha value is -2.69. The predicted molar refractivity (Wildman–Crippen MR) is 87.2 cm³/mol. The number of aliphatic carboxylic acids is 1. The van der Waals surface area contributed by atoms with Gasteiger partial charge >= 0.3 is 5.97 Å². The van der Waals surface area contributed by atoms with Gasteiger partial charge in [0.1, 0.15) is 5.82 Å². The number of hydrogen-bond donors (Lipinski definition) is 2. The molecule has 24 heavy (non-hydrogen) atoms. The highest BCUT2D eigenvalue weighted by Gasteiger charge is 2.31. The van der Waals surface area contributed by atoms with Crippen molar-refractivity contribution in [3.8, 4) is 0 Å². The first kappa shape index (κ1) is 16.2. The van der Waals surface area contributed by atoms with Gasteiger partial charge in [-0.1, -0.05) is 36.4 Å². The van der Waals surface area contributed by atoms with Gasteiger partial charge in [0.2, 0.25) is 5.91 Å². The molecule has 0 fully saturated rings. The molecule has 0 aliphatic heterocycles. The second kappa shape index (κ2) is 6.43. The van der Waals surface area contributed by atoms with Crippen molar-refractivity contribution in [2.24, 2.45) is 0 Å². The molecule has 2 aromatic rings. The van der Waals surface area contributed by atoms with Crippen LogP contribution >= 0.6 is 0 Å². The zero-order valence-corrected chi connectivity index (χ0v) is 13.3. The van der Waals surface area contributed by atoms with E-state index in [2.05, 4.69) is 5.32 Å². The monoisotopic (exact) mass is 327 g/mol. The number of aryl methyl sites for hydroxylation is 2. The van der Waals surface area contributed by atoms with E-state index in [4.69, 9.17) is 0 Å². The van der Waals surface area contributed by atoms with E-state index in [-0.39, 0.29) is 11.8 Å². The Kier molecular flexibility index (Phi) is 4.34. The van der Waals surface area contributed by atoms with Crippen LogP contribution in [-0.4, -0.2) is 17.0 Å². The number of fused-ring (bicyclic) bond motifs is 1. The van der Waals surface area contributed by atoms with Gasteiger partial charge in [0.25, 0.3) is 0 Å². The maximum Gasteiger partial charge on any atom is 0.330 e. The van der Waals surface area contributed by atoms with Crippen LogP contribution in [0.5, 0.6) is 0 Å². The van der Waals surface area contributed by atoms with Crippen molar-refractivity contribution in [3.63, 3.8) is 0 Å². The lowest BCUT2D eigenvalue weighted by Crippen LogP contribution is -2.36. The Morgan fingerprint density at radius 3 is 2.71 bits per heavy atom. The summed E-state index contributed by atoms with van der Waals surface area (Å²) in [7, 11) is 0. The van der Waals surface area contributed by atoms with E-state index in [0.29, 0.717) is 17.5 Å². The quantitative estimate of drug-likeness (QED) is 0.907. The number of carboxylic acids is 1. The second-order valence-corrected chi connectivity index (χ2v) is 6.08. The first-order valence-corrected chi connectivity index (χ1v) is 7.84. The molecule has 4 nitrogen and oxygen atoms in total. The normalized spacial score (nSPS) is 17.2. The third-order valence-corrected chi connectivity index (χ3v) is 4.50. The third-order valence-electron chi connectivity index (χ3n) is 4.50. The van der Waals surface area contributed by atoms with Crippen LogP contribution in [-0.2, 0) is 16.0 Å². The van der Waals surface area contributed by atoms with Gasteiger partial charge in [-0.15, -0.1) is 0 Å². The van der Waals surface area contributed by atoms with Crippen LogP contribution in [0.15, 0.2) is 42.5 Å². The molecule has 2 atom stereocenters. The number of rotatable bonds is 4. The minimum absolute atomic E-state index is 0.311. The first-order valence-electron chi connectivity index (χ1n) is 7.84. The number of benzene rings is 2. The third kappa shape index (κ3) is 3.02. The van der Waals surface area contributed by atoms with E-state index in [1.54, 1.807) is 6.92 Å². The molecule has 3 rings (SSSR count). The van der Waals surface area contributed by atoms with Crippen LogP contribution < -0.4 is 5.32 Å². The molecule has 0 radical (unpaired) electrons. The van der Waals surface area contributed by atoms with Crippen LogP contribution in [0.4, 0.5) is 4.39 Å². The van der Waals surface area contributed by atoms with Crippen molar-refractivity contribution in [2.45, 2.75) is 31.7 Å². The minimum atomic E-state index is -1.19. The van der Waals surface area contributed by atoms with E-state index in [1.165, 1.54) is 18.2 Å². The number of amides is 1. The van der Waals surface area contributed by atoms with Crippen molar-refractivity contribution in [1.82, 2.24) is 5.32 Å². The summed E-state index contributed by atoms with van der Waals surface area (Å²) in [4.78, 5) is 24.2. The van der Waals surface area contributed by atoms with Crippen molar-refractivity contribution < 1.29 is 19.1 Å². The highest BCUT2D eigenvalue weighted by Crippen LogP contribution is 2.33. The van der Waals surface area contributed by atoms with E-state index < -0.39 is 17.8 Å². The summed E-state index contributed by atoms with van der Waals surface area (Å²) < 4.78 is 13.4. The average molecular weight is 327 g/mol. The van der Waals surface area contributed by atoms with Crippen molar-refractivity contribution in [2.75, 3.05) is 0 Å². The maximum absolute atomic E-state index is 13.4. The van der Waals surface area contributed by atoms with Gasteiger partial charge in [-0.2, -0.15) is 0 Å². The van der Waals surface area contributed by atoms with Gasteiger partial charge in [0, 0.05) is 0 Å². The standard InChI is InChI=1S/C19H18FNO3/c1-11-10-13(7-9-16(11)20)17(19(23)24)21-18(22)15-8-6-12-4-2-3-5-14(12)15/h2-5,7,9-10,15,17H,6,8H2,1H3,(H,21,22)(H,23,24). The average Bonchev–Trinajstić information content (AvgIpc) is 2.99. The van der Waals surface area contributed by atoms with E-state index in [1.807, 2.05) is 24.3 Å². The SMILES string of the molecule is Cc1cc(C(NC(=O)C2CCc3ccccc32)C(=O)O)ccc1F. The molecule has 124 valence electrons. The summed E-state index contributed by atoms with van der Waals surface area (Å²) in [5.74, 6) is -2.22. The molecular weight excluding hydrogens is 309 g/mol. The van der Waals surface area contributed by atoms with Crippen LogP contribution in [0.1, 0.15) is 40.6 Å². The largest absolute Gasteiger partial charge is 0.479 e. The van der Waals surface area contributed by atoms with Crippen LogP contribution in [0, 0.1) is 12.7 Å². The number of hydrogen-bond acceptors (Lipinski definition) is 2.